The topological polar surface area (TPSA) is 71.1 Å². The number of rotatable bonds is 6. The number of oxime groups is 1. The zero-order valence-electron chi connectivity index (χ0n) is 11.0. The van der Waals surface area contributed by atoms with Gasteiger partial charge in [0.15, 0.2) is 0 Å². The molecule has 0 aliphatic carbocycles. The molecule has 1 aliphatic heterocycles. The van der Waals surface area contributed by atoms with Crippen LogP contribution >= 0.6 is 0 Å². The molecule has 0 spiro atoms. The molecular formula is C12H25N3O2. The van der Waals surface area contributed by atoms with Crippen molar-refractivity contribution in [1.82, 2.24) is 4.90 Å². The summed E-state index contributed by atoms with van der Waals surface area (Å²) >= 11 is 0. The average molecular weight is 243 g/mol. The minimum absolute atomic E-state index is 0.127. The van der Waals surface area contributed by atoms with Gasteiger partial charge in [0.25, 0.3) is 0 Å². The quantitative estimate of drug-likeness (QED) is 0.242. The summed E-state index contributed by atoms with van der Waals surface area (Å²) in [6.07, 6.45) is 4.22. The Labute approximate surface area is 104 Å². The van der Waals surface area contributed by atoms with Crippen LogP contribution in [0, 0.1) is 5.41 Å². The Bertz CT molecular complexity index is 248. The maximum Gasteiger partial charge on any atom is 0.145 e. The number of hydrogen-bond acceptors (Lipinski definition) is 4. The highest BCUT2D eigenvalue weighted by molar-refractivity contribution is 5.85. The summed E-state index contributed by atoms with van der Waals surface area (Å²) < 4.78 is 5.03. The van der Waals surface area contributed by atoms with Gasteiger partial charge in [0.2, 0.25) is 0 Å². The first kappa shape index (κ1) is 14.3. The molecule has 17 heavy (non-hydrogen) atoms. The van der Waals surface area contributed by atoms with Gasteiger partial charge in [0.05, 0.1) is 0 Å². The SMILES string of the molecule is COCCCCN1CCC(C)(C(N)=NO)CC1. The first-order valence-corrected chi connectivity index (χ1v) is 6.31. The van der Waals surface area contributed by atoms with Gasteiger partial charge in [0, 0.05) is 19.1 Å². The number of nitrogens with zero attached hydrogens (tertiary/aromatic N) is 2. The molecule has 0 aromatic rings. The van der Waals surface area contributed by atoms with Gasteiger partial charge in [-0.3, -0.25) is 0 Å². The number of piperidine rings is 1. The summed E-state index contributed by atoms with van der Waals surface area (Å²) in [6.45, 7) is 6.09. The number of unbranched alkanes of at least 4 members (excludes halogenated alkanes) is 1. The van der Waals surface area contributed by atoms with Gasteiger partial charge in [-0.1, -0.05) is 12.1 Å². The van der Waals surface area contributed by atoms with E-state index in [4.69, 9.17) is 15.7 Å². The van der Waals surface area contributed by atoms with Crippen molar-refractivity contribution in [1.29, 1.82) is 0 Å². The van der Waals surface area contributed by atoms with Gasteiger partial charge in [-0.05, 0) is 45.3 Å². The van der Waals surface area contributed by atoms with E-state index in [1.165, 1.54) is 6.42 Å². The molecule has 5 nitrogen and oxygen atoms in total. The standard InChI is InChI=1S/C12H25N3O2/c1-12(11(13)14-16)5-8-15(9-6-12)7-3-4-10-17-2/h16H,3-10H2,1-2H3,(H2,13,14). The summed E-state index contributed by atoms with van der Waals surface area (Å²) in [5.41, 5.74) is 5.60. The van der Waals surface area contributed by atoms with Crippen LogP contribution in [0.2, 0.25) is 0 Å². The minimum atomic E-state index is -0.127. The predicted octanol–water partition coefficient (Wildman–Crippen LogP) is 1.26. The number of nitrogens with two attached hydrogens (primary N) is 1. The van der Waals surface area contributed by atoms with Crippen LogP contribution in [0.3, 0.4) is 0 Å². The van der Waals surface area contributed by atoms with Crippen LogP contribution in [0.15, 0.2) is 5.16 Å². The highest BCUT2D eigenvalue weighted by Gasteiger charge is 2.33. The fourth-order valence-electron chi connectivity index (χ4n) is 2.23. The molecule has 0 aromatic carbocycles. The van der Waals surface area contributed by atoms with E-state index < -0.39 is 0 Å². The van der Waals surface area contributed by atoms with Crippen LogP contribution in [-0.4, -0.2) is 49.3 Å². The largest absolute Gasteiger partial charge is 0.409 e. The lowest BCUT2D eigenvalue weighted by atomic mass is 9.79. The van der Waals surface area contributed by atoms with Gasteiger partial charge in [-0.25, -0.2) is 0 Å². The van der Waals surface area contributed by atoms with Crippen LogP contribution in [0.25, 0.3) is 0 Å². The summed E-state index contributed by atoms with van der Waals surface area (Å²) in [7, 11) is 1.74. The van der Waals surface area contributed by atoms with Crippen LogP contribution in [0.1, 0.15) is 32.6 Å². The summed E-state index contributed by atoms with van der Waals surface area (Å²) in [4.78, 5) is 2.45. The Kier molecular flexibility index (Phi) is 5.71. The summed E-state index contributed by atoms with van der Waals surface area (Å²) in [6, 6.07) is 0. The van der Waals surface area contributed by atoms with Crippen LogP contribution in [-0.2, 0) is 4.74 Å². The van der Waals surface area contributed by atoms with Gasteiger partial charge in [-0.15, -0.1) is 0 Å². The Hall–Kier alpha value is -0.810. The number of ether oxygens (including phenoxy) is 1. The molecule has 0 atom stereocenters. The zero-order valence-corrected chi connectivity index (χ0v) is 11.0. The Morgan fingerprint density at radius 3 is 2.59 bits per heavy atom. The van der Waals surface area contributed by atoms with Gasteiger partial charge < -0.3 is 20.6 Å². The van der Waals surface area contributed by atoms with E-state index in [1.54, 1.807) is 7.11 Å². The van der Waals surface area contributed by atoms with Crippen molar-refractivity contribution in [3.8, 4) is 0 Å². The van der Waals surface area contributed by atoms with Crippen molar-refractivity contribution >= 4 is 5.84 Å². The zero-order chi connectivity index (χ0) is 12.7. The number of likely N-dealkylation sites (tertiary alicyclic amines) is 1. The van der Waals surface area contributed by atoms with E-state index in [2.05, 4.69) is 17.0 Å². The first-order chi connectivity index (χ1) is 8.12. The molecule has 1 fully saturated rings. The maximum absolute atomic E-state index is 8.75. The molecule has 0 radical (unpaired) electrons. The average Bonchev–Trinajstić information content (AvgIpc) is 2.36. The molecule has 5 heteroatoms. The first-order valence-electron chi connectivity index (χ1n) is 6.31. The van der Waals surface area contributed by atoms with Crippen LogP contribution in [0.4, 0.5) is 0 Å². The Morgan fingerprint density at radius 2 is 2.06 bits per heavy atom. The highest BCUT2D eigenvalue weighted by Crippen LogP contribution is 2.30. The minimum Gasteiger partial charge on any atom is -0.409 e. The van der Waals surface area contributed by atoms with Crippen molar-refractivity contribution in [3.05, 3.63) is 0 Å². The second kappa shape index (κ2) is 6.81. The van der Waals surface area contributed by atoms with Crippen molar-refractivity contribution in [2.75, 3.05) is 33.4 Å². The number of methoxy groups -OCH3 is 1. The highest BCUT2D eigenvalue weighted by atomic mass is 16.5. The molecule has 1 heterocycles. The second-order valence-electron chi connectivity index (χ2n) is 5.09. The molecule has 0 aromatic heterocycles. The predicted molar refractivity (Wildman–Crippen MR) is 68.3 cm³/mol. The normalized spacial score (nSPS) is 21.6. The fourth-order valence-corrected chi connectivity index (χ4v) is 2.23. The fraction of sp³-hybridized carbons (Fsp3) is 0.917. The van der Waals surface area contributed by atoms with Crippen LogP contribution < -0.4 is 5.73 Å². The molecule has 0 unspecified atom stereocenters. The lowest BCUT2D eigenvalue weighted by Crippen LogP contribution is -2.45. The molecule has 1 rings (SSSR count). The Morgan fingerprint density at radius 1 is 1.41 bits per heavy atom. The lowest BCUT2D eigenvalue weighted by molar-refractivity contribution is 0.147. The number of amidine groups is 1. The second-order valence-corrected chi connectivity index (χ2v) is 5.09. The van der Waals surface area contributed by atoms with E-state index in [1.807, 2.05) is 0 Å². The molecule has 3 N–H and O–H groups in total. The van der Waals surface area contributed by atoms with E-state index in [9.17, 15) is 0 Å². The van der Waals surface area contributed by atoms with E-state index in [0.717, 1.165) is 45.5 Å². The van der Waals surface area contributed by atoms with Crippen molar-refractivity contribution in [2.45, 2.75) is 32.6 Å². The molecule has 0 bridgehead atoms. The summed E-state index contributed by atoms with van der Waals surface area (Å²) in [5, 5.41) is 11.9. The van der Waals surface area contributed by atoms with Crippen molar-refractivity contribution < 1.29 is 9.94 Å². The molecule has 0 amide bonds. The molecule has 1 aliphatic rings. The van der Waals surface area contributed by atoms with E-state index in [0.29, 0.717) is 5.84 Å². The smallest absolute Gasteiger partial charge is 0.145 e. The number of hydrogen-bond donors (Lipinski definition) is 2. The van der Waals surface area contributed by atoms with Gasteiger partial charge in [0.1, 0.15) is 5.84 Å². The van der Waals surface area contributed by atoms with Crippen LogP contribution in [0.5, 0.6) is 0 Å². The van der Waals surface area contributed by atoms with E-state index >= 15 is 0 Å². The summed E-state index contributed by atoms with van der Waals surface area (Å²) in [5.74, 6) is 0.372. The Balaban J connectivity index is 2.26. The molecular weight excluding hydrogens is 218 g/mol. The third-order valence-electron chi connectivity index (χ3n) is 3.76. The molecule has 1 saturated heterocycles. The maximum atomic E-state index is 8.75. The van der Waals surface area contributed by atoms with E-state index in [-0.39, 0.29) is 5.41 Å². The third-order valence-corrected chi connectivity index (χ3v) is 3.76. The lowest BCUT2D eigenvalue weighted by Gasteiger charge is -2.38. The van der Waals surface area contributed by atoms with Gasteiger partial charge >= 0.3 is 0 Å². The molecule has 100 valence electrons. The third kappa shape index (κ3) is 4.16. The van der Waals surface area contributed by atoms with Crippen molar-refractivity contribution in [2.24, 2.45) is 16.3 Å². The molecule has 0 saturated carbocycles. The monoisotopic (exact) mass is 243 g/mol. The van der Waals surface area contributed by atoms with Crippen molar-refractivity contribution in [3.63, 3.8) is 0 Å². The van der Waals surface area contributed by atoms with Gasteiger partial charge in [-0.2, -0.15) is 0 Å².